The molecule has 0 atom stereocenters. The lowest BCUT2D eigenvalue weighted by molar-refractivity contribution is -0.131. The van der Waals surface area contributed by atoms with E-state index in [1.165, 1.54) is 0 Å². The van der Waals surface area contributed by atoms with E-state index in [0.717, 1.165) is 17.4 Å². The fraction of sp³-hybridized carbons (Fsp3) is 0.125. The Labute approximate surface area is 141 Å². The Hall–Kier alpha value is -3.00. The van der Waals surface area contributed by atoms with E-state index in [1.807, 2.05) is 6.07 Å². The summed E-state index contributed by atoms with van der Waals surface area (Å²) in [7, 11) is 0. The molecule has 0 unspecified atom stereocenters. The van der Waals surface area contributed by atoms with Crippen LogP contribution in [0.15, 0.2) is 42.5 Å². The van der Waals surface area contributed by atoms with Gasteiger partial charge in [-0.05, 0) is 6.92 Å². The Balaban J connectivity index is 2.33. The molecule has 0 aliphatic heterocycles. The number of anilines is 1. The molecule has 8 heteroatoms. The van der Waals surface area contributed by atoms with Crippen LogP contribution in [0, 0.1) is 0 Å². The van der Waals surface area contributed by atoms with Crippen LogP contribution in [0.2, 0.25) is 0 Å². The molecule has 2 rings (SSSR count). The first-order chi connectivity index (χ1) is 11.5. The molecule has 1 heterocycles. The first kappa shape index (κ1) is 17.4. The predicted octanol–water partition coefficient (Wildman–Crippen LogP) is 2.57. The number of aromatic nitrogens is 1. The van der Waals surface area contributed by atoms with Gasteiger partial charge >= 0.3 is 11.9 Å². The molecule has 0 fully saturated rings. The highest BCUT2D eigenvalue weighted by atomic mass is 32.1. The molecule has 0 aliphatic carbocycles. The van der Waals surface area contributed by atoms with Crippen LogP contribution in [0.1, 0.15) is 16.6 Å². The monoisotopic (exact) mass is 346 g/mol. The number of esters is 1. The molecule has 0 saturated heterocycles. The highest BCUT2D eigenvalue weighted by Gasteiger charge is 2.21. The van der Waals surface area contributed by atoms with Crippen LogP contribution >= 0.6 is 11.3 Å². The normalized spacial score (nSPS) is 10.5. The summed E-state index contributed by atoms with van der Waals surface area (Å²) in [5.41, 5.74) is 1.11. The minimum Gasteiger partial charge on any atom is -0.478 e. The Morgan fingerprint density at radius 1 is 1.25 bits per heavy atom. The van der Waals surface area contributed by atoms with Crippen molar-refractivity contribution in [1.29, 1.82) is 0 Å². The quantitative estimate of drug-likeness (QED) is 0.615. The highest BCUT2D eigenvalue weighted by Crippen LogP contribution is 2.31. The number of amides is 1. The zero-order valence-electron chi connectivity index (χ0n) is 12.7. The average molecular weight is 346 g/mol. The van der Waals surface area contributed by atoms with E-state index in [-0.39, 0.29) is 16.6 Å². The summed E-state index contributed by atoms with van der Waals surface area (Å²) >= 11 is 0.966. The van der Waals surface area contributed by atoms with Crippen molar-refractivity contribution in [1.82, 2.24) is 4.98 Å². The predicted molar refractivity (Wildman–Crippen MR) is 88.9 cm³/mol. The maximum Gasteiger partial charge on any atom is 0.350 e. The maximum atomic E-state index is 12.1. The summed E-state index contributed by atoms with van der Waals surface area (Å²) in [6, 6.07) is 9.01. The molecule has 24 heavy (non-hydrogen) atoms. The molecule has 1 aromatic heterocycles. The van der Waals surface area contributed by atoms with Gasteiger partial charge in [-0.15, -0.1) is 0 Å². The van der Waals surface area contributed by atoms with Gasteiger partial charge in [0.05, 0.1) is 12.3 Å². The van der Waals surface area contributed by atoms with Gasteiger partial charge in [0.1, 0.15) is 4.88 Å². The Morgan fingerprint density at radius 3 is 2.58 bits per heavy atom. The second kappa shape index (κ2) is 8.02. The van der Waals surface area contributed by atoms with Crippen LogP contribution in [0.3, 0.4) is 0 Å². The molecule has 0 radical (unpaired) electrons. The van der Waals surface area contributed by atoms with Crippen molar-refractivity contribution in [3.8, 4) is 11.3 Å². The van der Waals surface area contributed by atoms with Crippen molar-refractivity contribution in [2.75, 3.05) is 11.9 Å². The lowest BCUT2D eigenvalue weighted by atomic mass is 10.1. The number of nitrogens with one attached hydrogen (secondary N) is 1. The van der Waals surface area contributed by atoms with E-state index >= 15 is 0 Å². The largest absolute Gasteiger partial charge is 0.478 e. The number of rotatable bonds is 6. The smallest absolute Gasteiger partial charge is 0.350 e. The zero-order valence-corrected chi connectivity index (χ0v) is 13.5. The van der Waals surface area contributed by atoms with Gasteiger partial charge in [-0.2, -0.15) is 0 Å². The van der Waals surface area contributed by atoms with Crippen molar-refractivity contribution >= 4 is 34.3 Å². The fourth-order valence-electron chi connectivity index (χ4n) is 1.79. The number of benzene rings is 1. The van der Waals surface area contributed by atoms with E-state index in [4.69, 9.17) is 9.84 Å². The molecule has 124 valence electrons. The Morgan fingerprint density at radius 2 is 1.96 bits per heavy atom. The third kappa shape index (κ3) is 4.50. The number of hydrogen-bond acceptors (Lipinski definition) is 6. The van der Waals surface area contributed by atoms with Crippen molar-refractivity contribution < 1.29 is 24.2 Å². The second-order valence-electron chi connectivity index (χ2n) is 4.44. The van der Waals surface area contributed by atoms with Crippen molar-refractivity contribution in [2.45, 2.75) is 6.92 Å². The van der Waals surface area contributed by atoms with Gasteiger partial charge in [0, 0.05) is 17.7 Å². The van der Waals surface area contributed by atoms with Gasteiger partial charge in [-0.1, -0.05) is 41.7 Å². The van der Waals surface area contributed by atoms with Gasteiger partial charge in [0.25, 0.3) is 0 Å². The van der Waals surface area contributed by atoms with Crippen LogP contribution in [-0.2, 0) is 14.3 Å². The topological polar surface area (TPSA) is 106 Å². The van der Waals surface area contributed by atoms with E-state index < -0.39 is 17.8 Å². The van der Waals surface area contributed by atoms with Crippen LogP contribution < -0.4 is 5.32 Å². The number of carboxylic acids is 1. The van der Waals surface area contributed by atoms with E-state index in [0.29, 0.717) is 17.3 Å². The second-order valence-corrected chi connectivity index (χ2v) is 5.44. The van der Waals surface area contributed by atoms with E-state index in [9.17, 15) is 14.4 Å². The zero-order chi connectivity index (χ0) is 17.5. The standard InChI is InChI=1S/C16H14N2O5S/c1-2-23-15(22)14-13(10-6-4-3-5-7-10)18-16(24-14)17-11(19)8-9-12(20)21/h3-9H,2H2,1H3,(H,20,21)(H,17,18,19). The molecule has 0 aliphatic rings. The van der Waals surface area contributed by atoms with Crippen molar-refractivity contribution in [2.24, 2.45) is 0 Å². The summed E-state index contributed by atoms with van der Waals surface area (Å²) in [6.45, 7) is 1.91. The molecular weight excluding hydrogens is 332 g/mol. The van der Waals surface area contributed by atoms with Gasteiger partial charge in [0.15, 0.2) is 5.13 Å². The molecule has 7 nitrogen and oxygen atoms in total. The van der Waals surface area contributed by atoms with Gasteiger partial charge < -0.3 is 9.84 Å². The fourth-order valence-corrected chi connectivity index (χ4v) is 2.68. The van der Waals surface area contributed by atoms with Gasteiger partial charge in [-0.3, -0.25) is 10.1 Å². The number of aliphatic carboxylic acids is 1. The number of ether oxygens (including phenoxy) is 1. The summed E-state index contributed by atoms with van der Waals surface area (Å²) in [5, 5.41) is 11.1. The van der Waals surface area contributed by atoms with Crippen LogP contribution in [0.25, 0.3) is 11.3 Å². The molecule has 2 N–H and O–H groups in total. The van der Waals surface area contributed by atoms with Crippen LogP contribution in [0.5, 0.6) is 0 Å². The number of carbonyl (C=O) groups is 3. The molecule has 1 amide bonds. The summed E-state index contributed by atoms with van der Waals surface area (Å²) < 4.78 is 5.01. The number of carboxylic acid groups (broad SMARTS) is 1. The summed E-state index contributed by atoms with van der Waals surface area (Å²) in [5.74, 6) is -2.42. The number of hydrogen-bond donors (Lipinski definition) is 2. The van der Waals surface area contributed by atoms with Gasteiger partial charge in [-0.25, -0.2) is 14.6 Å². The number of thiazole rings is 1. The average Bonchev–Trinajstić information content (AvgIpc) is 2.98. The van der Waals surface area contributed by atoms with Crippen molar-refractivity contribution in [3.05, 3.63) is 47.4 Å². The maximum absolute atomic E-state index is 12.1. The molecule has 1 aromatic carbocycles. The number of nitrogens with zero attached hydrogens (tertiary/aromatic N) is 1. The molecule has 0 spiro atoms. The minimum absolute atomic E-state index is 0.178. The number of carbonyl (C=O) groups excluding carboxylic acids is 2. The molecule has 0 saturated carbocycles. The lowest BCUT2D eigenvalue weighted by Crippen LogP contribution is -2.08. The van der Waals surface area contributed by atoms with Crippen molar-refractivity contribution in [3.63, 3.8) is 0 Å². The van der Waals surface area contributed by atoms with Crippen LogP contribution in [0.4, 0.5) is 5.13 Å². The SMILES string of the molecule is CCOC(=O)c1sc(NC(=O)C=CC(=O)O)nc1-c1ccccc1. The lowest BCUT2D eigenvalue weighted by Gasteiger charge is -2.01. The first-order valence-corrected chi connectivity index (χ1v) is 7.78. The first-order valence-electron chi connectivity index (χ1n) is 6.96. The summed E-state index contributed by atoms with van der Waals surface area (Å²) in [4.78, 5) is 38.7. The van der Waals surface area contributed by atoms with Gasteiger partial charge in [0.2, 0.25) is 5.91 Å². The Bertz CT molecular complexity index is 783. The Kier molecular flexibility index (Phi) is 5.80. The molecule has 2 aromatic rings. The van der Waals surface area contributed by atoms with E-state index in [1.54, 1.807) is 31.2 Å². The van der Waals surface area contributed by atoms with E-state index in [2.05, 4.69) is 10.3 Å². The summed E-state index contributed by atoms with van der Waals surface area (Å²) in [6.07, 6.45) is 1.59. The molecular formula is C16H14N2O5S. The highest BCUT2D eigenvalue weighted by molar-refractivity contribution is 7.18. The third-order valence-corrected chi connectivity index (χ3v) is 3.69. The van der Waals surface area contributed by atoms with Crippen LogP contribution in [-0.4, -0.2) is 34.5 Å². The third-order valence-electron chi connectivity index (χ3n) is 2.74. The minimum atomic E-state index is -1.23. The molecule has 0 bridgehead atoms.